The predicted molar refractivity (Wildman–Crippen MR) is 103 cm³/mol. The highest BCUT2D eigenvalue weighted by molar-refractivity contribution is 6.02. The lowest BCUT2D eigenvalue weighted by Gasteiger charge is -2.24. The summed E-state index contributed by atoms with van der Waals surface area (Å²) in [6.07, 6.45) is 0.0436. The zero-order valence-corrected chi connectivity index (χ0v) is 15.6. The van der Waals surface area contributed by atoms with Gasteiger partial charge in [-0.3, -0.25) is 23.5 Å². The topological polar surface area (TPSA) is 133 Å². The van der Waals surface area contributed by atoms with E-state index in [0.717, 1.165) is 14.7 Å². The molecule has 144 valence electrons. The van der Waals surface area contributed by atoms with Gasteiger partial charge in [-0.2, -0.15) is 0 Å². The molecule has 0 fully saturated rings. The molecule has 1 aromatic carbocycles. The van der Waals surface area contributed by atoms with Crippen molar-refractivity contribution in [2.24, 2.45) is 19.8 Å². The number of ketones is 1. The quantitative estimate of drug-likeness (QED) is 0.631. The van der Waals surface area contributed by atoms with Gasteiger partial charge < -0.3 is 16.4 Å². The Bertz CT molecular complexity index is 1010. The molecule has 1 heterocycles. The van der Waals surface area contributed by atoms with E-state index in [1.807, 2.05) is 25.1 Å². The largest absolute Gasteiger partial charge is 0.384 e. The molecule has 0 bridgehead atoms. The zero-order chi connectivity index (χ0) is 20.3. The van der Waals surface area contributed by atoms with Gasteiger partial charge >= 0.3 is 5.69 Å². The molecule has 4 N–H and O–H groups in total. The third-order valence-electron chi connectivity index (χ3n) is 4.32. The summed E-state index contributed by atoms with van der Waals surface area (Å²) in [6, 6.07) is 7.38. The third kappa shape index (κ3) is 4.25. The molecule has 2 aromatic rings. The van der Waals surface area contributed by atoms with Crippen molar-refractivity contribution in [2.75, 3.05) is 23.7 Å². The molecule has 0 spiro atoms. The molecule has 0 aliphatic heterocycles. The van der Waals surface area contributed by atoms with E-state index in [-0.39, 0.29) is 30.9 Å². The number of carbonyl (C=O) groups excluding carboxylic acids is 2. The number of amides is 1. The summed E-state index contributed by atoms with van der Waals surface area (Å²) >= 11 is 0. The van der Waals surface area contributed by atoms with Gasteiger partial charge in [-0.25, -0.2) is 4.79 Å². The van der Waals surface area contributed by atoms with Gasteiger partial charge in [0.05, 0.1) is 6.54 Å². The number of hydrogen-bond donors (Lipinski definition) is 2. The van der Waals surface area contributed by atoms with Crippen molar-refractivity contribution in [3.8, 4) is 0 Å². The van der Waals surface area contributed by atoms with Crippen molar-refractivity contribution in [1.29, 1.82) is 0 Å². The molecule has 0 saturated carbocycles. The first-order valence-corrected chi connectivity index (χ1v) is 8.32. The van der Waals surface area contributed by atoms with Crippen LogP contribution in [0.25, 0.3) is 0 Å². The first kappa shape index (κ1) is 20.0. The Morgan fingerprint density at radius 3 is 2.41 bits per heavy atom. The van der Waals surface area contributed by atoms with Gasteiger partial charge in [0.2, 0.25) is 5.91 Å². The minimum atomic E-state index is -0.750. The van der Waals surface area contributed by atoms with Crippen molar-refractivity contribution < 1.29 is 9.59 Å². The molecule has 1 amide bonds. The van der Waals surface area contributed by atoms with Crippen LogP contribution < -0.4 is 27.6 Å². The summed E-state index contributed by atoms with van der Waals surface area (Å²) in [4.78, 5) is 50.0. The van der Waals surface area contributed by atoms with Gasteiger partial charge in [0.25, 0.3) is 5.56 Å². The summed E-state index contributed by atoms with van der Waals surface area (Å²) < 4.78 is 1.89. The van der Waals surface area contributed by atoms with E-state index in [9.17, 15) is 19.2 Å². The molecule has 0 aliphatic rings. The van der Waals surface area contributed by atoms with Gasteiger partial charge in [-0.1, -0.05) is 12.1 Å². The minimum Gasteiger partial charge on any atom is -0.384 e. The lowest BCUT2D eigenvalue weighted by atomic mass is 10.1. The van der Waals surface area contributed by atoms with Crippen LogP contribution in [-0.4, -0.2) is 33.9 Å². The van der Waals surface area contributed by atoms with Crippen molar-refractivity contribution in [2.45, 2.75) is 13.3 Å². The van der Waals surface area contributed by atoms with Gasteiger partial charge in [0, 0.05) is 32.7 Å². The highest BCUT2D eigenvalue weighted by atomic mass is 16.2. The number of nitrogen functional groups attached to an aromatic ring is 1. The molecule has 0 radical (unpaired) electrons. The maximum atomic E-state index is 12.8. The molecular weight excluding hydrogens is 350 g/mol. The second kappa shape index (κ2) is 7.90. The fourth-order valence-electron chi connectivity index (χ4n) is 2.74. The fraction of sp³-hybridized carbons (Fsp3) is 0.333. The maximum absolute atomic E-state index is 12.8. The molecule has 0 unspecified atom stereocenters. The molecule has 2 rings (SSSR count). The smallest absolute Gasteiger partial charge is 0.332 e. The predicted octanol–water partition coefficient (Wildman–Crippen LogP) is -0.461. The molecule has 0 saturated heterocycles. The van der Waals surface area contributed by atoms with Crippen LogP contribution in [0.2, 0.25) is 0 Å². The van der Waals surface area contributed by atoms with Crippen LogP contribution in [-0.2, 0) is 18.9 Å². The Kier molecular flexibility index (Phi) is 5.84. The van der Waals surface area contributed by atoms with E-state index in [1.165, 1.54) is 14.1 Å². The van der Waals surface area contributed by atoms with Crippen molar-refractivity contribution in [3.05, 3.63) is 56.2 Å². The summed E-state index contributed by atoms with van der Waals surface area (Å²) in [7, 11) is 2.67. The number of primary amides is 1. The number of aromatic nitrogens is 2. The highest BCUT2D eigenvalue weighted by Crippen LogP contribution is 2.17. The highest BCUT2D eigenvalue weighted by Gasteiger charge is 2.22. The molecular formula is C18H23N5O4. The number of rotatable bonds is 7. The van der Waals surface area contributed by atoms with Gasteiger partial charge in [-0.05, 0) is 24.6 Å². The minimum absolute atomic E-state index is 0.0436. The summed E-state index contributed by atoms with van der Waals surface area (Å²) in [6.45, 7) is 1.92. The van der Waals surface area contributed by atoms with Crippen molar-refractivity contribution in [3.63, 3.8) is 0 Å². The number of Topliss-reactive ketones (excluding diaryl/α,β-unsaturated/α-hetero) is 1. The summed E-state index contributed by atoms with van der Waals surface area (Å²) in [5, 5.41) is 0. The zero-order valence-electron chi connectivity index (χ0n) is 15.6. The van der Waals surface area contributed by atoms with E-state index >= 15 is 0 Å². The van der Waals surface area contributed by atoms with E-state index < -0.39 is 22.9 Å². The molecule has 0 atom stereocenters. The molecule has 27 heavy (non-hydrogen) atoms. The Hall–Kier alpha value is -3.36. The SMILES string of the molecule is Cc1cccc(N(CCC(N)=O)CC(=O)c2c(N)n(C)c(=O)n(C)c2=O)c1. The van der Waals surface area contributed by atoms with E-state index in [4.69, 9.17) is 11.5 Å². The number of nitrogens with zero attached hydrogens (tertiary/aromatic N) is 3. The third-order valence-corrected chi connectivity index (χ3v) is 4.32. The monoisotopic (exact) mass is 373 g/mol. The average Bonchev–Trinajstić information content (AvgIpc) is 2.61. The lowest BCUT2D eigenvalue weighted by Crippen LogP contribution is -2.43. The van der Waals surface area contributed by atoms with E-state index in [1.54, 1.807) is 11.0 Å². The second-order valence-electron chi connectivity index (χ2n) is 6.37. The Morgan fingerprint density at radius 1 is 1.15 bits per heavy atom. The Labute approximate surface area is 155 Å². The summed E-state index contributed by atoms with van der Waals surface area (Å²) in [5.74, 6) is -1.24. The number of anilines is 2. The molecule has 0 aliphatic carbocycles. The first-order chi connectivity index (χ1) is 12.6. The first-order valence-electron chi connectivity index (χ1n) is 8.32. The Balaban J connectivity index is 2.44. The van der Waals surface area contributed by atoms with Crippen LogP contribution in [0, 0.1) is 6.92 Å². The van der Waals surface area contributed by atoms with Crippen molar-refractivity contribution in [1.82, 2.24) is 9.13 Å². The number of benzene rings is 1. The Morgan fingerprint density at radius 2 is 1.81 bits per heavy atom. The van der Waals surface area contributed by atoms with E-state index in [0.29, 0.717) is 5.69 Å². The fourth-order valence-corrected chi connectivity index (χ4v) is 2.74. The lowest BCUT2D eigenvalue weighted by molar-refractivity contribution is -0.117. The van der Waals surface area contributed by atoms with Gasteiger partial charge in [0.15, 0.2) is 5.78 Å². The van der Waals surface area contributed by atoms with Crippen LogP contribution in [0.15, 0.2) is 33.9 Å². The number of carbonyl (C=O) groups is 2. The molecule has 9 heteroatoms. The number of hydrogen-bond acceptors (Lipinski definition) is 6. The average molecular weight is 373 g/mol. The standard InChI is InChI=1S/C18H23N5O4/c1-11-5-4-6-12(9-11)23(8-7-14(19)25)10-13(24)15-16(20)21(2)18(27)22(3)17(15)26/h4-6,9H,7-8,10,20H2,1-3H3,(H2,19,25). The number of nitrogens with two attached hydrogens (primary N) is 2. The van der Waals surface area contributed by atoms with Gasteiger partial charge in [0.1, 0.15) is 11.4 Å². The van der Waals surface area contributed by atoms with Crippen LogP contribution >= 0.6 is 0 Å². The number of aryl methyl sites for hydroxylation is 1. The van der Waals surface area contributed by atoms with Crippen LogP contribution in [0.4, 0.5) is 11.5 Å². The normalized spacial score (nSPS) is 10.6. The van der Waals surface area contributed by atoms with Crippen LogP contribution in [0.3, 0.4) is 0 Å². The van der Waals surface area contributed by atoms with E-state index in [2.05, 4.69) is 0 Å². The van der Waals surface area contributed by atoms with Gasteiger partial charge in [-0.15, -0.1) is 0 Å². The summed E-state index contributed by atoms with van der Waals surface area (Å²) in [5.41, 5.74) is 11.2. The van der Waals surface area contributed by atoms with Crippen LogP contribution in [0.1, 0.15) is 22.3 Å². The molecule has 9 nitrogen and oxygen atoms in total. The van der Waals surface area contributed by atoms with Crippen molar-refractivity contribution >= 4 is 23.2 Å². The maximum Gasteiger partial charge on any atom is 0.332 e. The second-order valence-corrected chi connectivity index (χ2v) is 6.37. The molecule has 1 aromatic heterocycles. The van der Waals surface area contributed by atoms with Crippen LogP contribution in [0.5, 0.6) is 0 Å².